The smallest absolute Gasteiger partial charge is 0.236 e. The van der Waals surface area contributed by atoms with Crippen molar-refractivity contribution < 1.29 is 4.79 Å². The van der Waals surface area contributed by atoms with Crippen LogP contribution in [0.2, 0.25) is 0 Å². The van der Waals surface area contributed by atoms with Crippen LogP contribution in [-0.2, 0) is 4.79 Å². The molecule has 1 aliphatic rings. The summed E-state index contributed by atoms with van der Waals surface area (Å²) in [6, 6.07) is 4.12. The van der Waals surface area contributed by atoms with Crippen LogP contribution >= 0.6 is 11.8 Å². The zero-order valence-electron chi connectivity index (χ0n) is 11.0. The lowest BCUT2D eigenvalue weighted by molar-refractivity contribution is -0.113. The standard InChI is InChI=1S/C12H14N6OS/c1-8-4-5-13-10(6-8)14-11(19)7-20-12-15-16-17-18(12)9-2-3-9/h4-6,9H,2-3,7H2,1H3,(H,13,14,19). The molecular formula is C12H14N6OS. The summed E-state index contributed by atoms with van der Waals surface area (Å²) in [5, 5.41) is 15.0. The second-order valence-electron chi connectivity index (χ2n) is 4.69. The Balaban J connectivity index is 1.55. The van der Waals surface area contributed by atoms with E-state index in [9.17, 15) is 4.79 Å². The highest BCUT2D eigenvalue weighted by Gasteiger charge is 2.28. The number of nitrogens with one attached hydrogen (secondary N) is 1. The molecule has 1 fully saturated rings. The van der Waals surface area contributed by atoms with Crippen molar-refractivity contribution in [1.82, 2.24) is 25.2 Å². The molecule has 7 nitrogen and oxygen atoms in total. The van der Waals surface area contributed by atoms with Gasteiger partial charge in [-0.3, -0.25) is 4.79 Å². The zero-order valence-corrected chi connectivity index (χ0v) is 11.8. The summed E-state index contributed by atoms with van der Waals surface area (Å²) in [7, 11) is 0. The van der Waals surface area contributed by atoms with Crippen LogP contribution in [-0.4, -0.2) is 36.9 Å². The molecule has 0 saturated heterocycles. The molecule has 0 spiro atoms. The number of aryl methyl sites for hydroxylation is 1. The van der Waals surface area contributed by atoms with Gasteiger partial charge in [0.15, 0.2) is 0 Å². The van der Waals surface area contributed by atoms with Crippen molar-refractivity contribution in [2.24, 2.45) is 0 Å². The van der Waals surface area contributed by atoms with E-state index in [0.29, 0.717) is 17.0 Å². The molecule has 1 aliphatic carbocycles. The Morgan fingerprint density at radius 1 is 1.55 bits per heavy atom. The van der Waals surface area contributed by atoms with Crippen molar-refractivity contribution in [2.75, 3.05) is 11.1 Å². The third-order valence-electron chi connectivity index (χ3n) is 2.87. The van der Waals surface area contributed by atoms with Crippen LogP contribution in [0.15, 0.2) is 23.5 Å². The topological polar surface area (TPSA) is 85.6 Å². The fraction of sp³-hybridized carbons (Fsp3) is 0.417. The fourth-order valence-corrected chi connectivity index (χ4v) is 2.49. The van der Waals surface area contributed by atoms with Crippen molar-refractivity contribution in [3.05, 3.63) is 23.9 Å². The van der Waals surface area contributed by atoms with Crippen LogP contribution in [0.4, 0.5) is 5.82 Å². The Kier molecular flexibility index (Phi) is 3.64. The molecule has 2 aromatic rings. The first-order valence-corrected chi connectivity index (χ1v) is 7.34. The lowest BCUT2D eigenvalue weighted by atomic mass is 10.3. The lowest BCUT2D eigenvalue weighted by Gasteiger charge is -2.05. The van der Waals surface area contributed by atoms with Crippen molar-refractivity contribution in [3.8, 4) is 0 Å². The molecule has 0 unspecified atom stereocenters. The van der Waals surface area contributed by atoms with E-state index in [4.69, 9.17) is 0 Å². The molecule has 0 atom stereocenters. The Labute approximate surface area is 120 Å². The van der Waals surface area contributed by atoms with Gasteiger partial charge < -0.3 is 5.32 Å². The molecule has 0 aromatic carbocycles. The number of tetrazole rings is 1. The van der Waals surface area contributed by atoms with E-state index in [-0.39, 0.29) is 11.7 Å². The summed E-state index contributed by atoms with van der Waals surface area (Å²) in [5.41, 5.74) is 1.06. The number of carbonyl (C=O) groups excluding carboxylic acids is 1. The number of nitrogens with zero attached hydrogens (tertiary/aromatic N) is 5. The van der Waals surface area contributed by atoms with Crippen molar-refractivity contribution in [3.63, 3.8) is 0 Å². The highest BCUT2D eigenvalue weighted by Crippen LogP contribution is 2.36. The minimum Gasteiger partial charge on any atom is -0.310 e. The maximum Gasteiger partial charge on any atom is 0.236 e. The summed E-state index contributed by atoms with van der Waals surface area (Å²) >= 11 is 1.34. The van der Waals surface area contributed by atoms with E-state index in [1.807, 2.05) is 19.1 Å². The first-order valence-electron chi connectivity index (χ1n) is 6.35. The first-order chi connectivity index (χ1) is 9.72. The first kappa shape index (κ1) is 13.0. The molecule has 0 aliphatic heterocycles. The molecule has 2 aromatic heterocycles. The minimum absolute atomic E-state index is 0.113. The van der Waals surface area contributed by atoms with Gasteiger partial charge in [0.1, 0.15) is 5.82 Å². The van der Waals surface area contributed by atoms with Gasteiger partial charge in [-0.15, -0.1) is 5.10 Å². The molecule has 0 radical (unpaired) electrons. The largest absolute Gasteiger partial charge is 0.310 e. The molecule has 20 heavy (non-hydrogen) atoms. The van der Waals surface area contributed by atoms with Gasteiger partial charge >= 0.3 is 0 Å². The zero-order chi connectivity index (χ0) is 13.9. The fourth-order valence-electron chi connectivity index (χ4n) is 1.74. The molecule has 1 N–H and O–H groups in total. The summed E-state index contributed by atoms with van der Waals surface area (Å²) in [5.74, 6) is 0.721. The van der Waals surface area contributed by atoms with Crippen LogP contribution in [0.3, 0.4) is 0 Å². The lowest BCUT2D eigenvalue weighted by Crippen LogP contribution is -2.15. The SMILES string of the molecule is Cc1ccnc(NC(=O)CSc2nnnn2C2CC2)c1. The summed E-state index contributed by atoms with van der Waals surface area (Å²) in [4.78, 5) is 16.0. The van der Waals surface area contributed by atoms with Gasteiger partial charge in [-0.1, -0.05) is 11.8 Å². The number of rotatable bonds is 5. The van der Waals surface area contributed by atoms with Gasteiger partial charge in [-0.25, -0.2) is 9.67 Å². The van der Waals surface area contributed by atoms with Crippen LogP contribution in [0.25, 0.3) is 0 Å². The Morgan fingerprint density at radius 2 is 2.40 bits per heavy atom. The number of hydrogen-bond donors (Lipinski definition) is 1. The molecular weight excluding hydrogens is 276 g/mol. The van der Waals surface area contributed by atoms with Crippen molar-refractivity contribution >= 4 is 23.5 Å². The van der Waals surface area contributed by atoms with Crippen LogP contribution in [0, 0.1) is 6.92 Å². The average molecular weight is 290 g/mol. The van der Waals surface area contributed by atoms with Gasteiger partial charge in [0.2, 0.25) is 11.1 Å². The van der Waals surface area contributed by atoms with E-state index in [1.54, 1.807) is 10.9 Å². The quantitative estimate of drug-likeness (QED) is 0.839. The molecule has 8 heteroatoms. The number of carbonyl (C=O) groups is 1. The van der Waals surface area contributed by atoms with Crippen molar-refractivity contribution in [2.45, 2.75) is 31.0 Å². The van der Waals surface area contributed by atoms with Crippen molar-refractivity contribution in [1.29, 1.82) is 0 Å². The Bertz CT molecular complexity index is 624. The second-order valence-corrected chi connectivity index (χ2v) is 5.63. The predicted molar refractivity (Wildman–Crippen MR) is 74.4 cm³/mol. The highest BCUT2D eigenvalue weighted by atomic mass is 32.2. The molecule has 104 valence electrons. The molecule has 1 amide bonds. The number of anilines is 1. The number of aromatic nitrogens is 5. The summed E-state index contributed by atoms with van der Waals surface area (Å²) < 4.78 is 1.79. The van der Waals surface area contributed by atoms with Gasteiger partial charge in [0.25, 0.3) is 0 Å². The number of pyridine rings is 1. The van der Waals surface area contributed by atoms with E-state index < -0.39 is 0 Å². The minimum atomic E-state index is -0.113. The molecule has 2 heterocycles. The second kappa shape index (κ2) is 5.58. The van der Waals surface area contributed by atoms with Gasteiger partial charge in [0.05, 0.1) is 11.8 Å². The number of amides is 1. The highest BCUT2D eigenvalue weighted by molar-refractivity contribution is 7.99. The van der Waals surface area contributed by atoms with Crippen LogP contribution in [0.1, 0.15) is 24.4 Å². The maximum atomic E-state index is 11.9. The normalized spacial score (nSPS) is 14.2. The third kappa shape index (κ3) is 3.13. The van der Waals surface area contributed by atoms with Gasteiger partial charge in [0, 0.05) is 6.20 Å². The van der Waals surface area contributed by atoms with Crippen LogP contribution < -0.4 is 5.32 Å². The number of hydrogen-bond acceptors (Lipinski definition) is 6. The Hall–Kier alpha value is -1.96. The summed E-state index contributed by atoms with van der Waals surface area (Å²) in [6.45, 7) is 1.95. The molecule has 0 bridgehead atoms. The van der Waals surface area contributed by atoms with E-state index in [1.165, 1.54) is 11.8 Å². The maximum absolute atomic E-state index is 11.9. The molecule has 3 rings (SSSR count). The van der Waals surface area contributed by atoms with E-state index >= 15 is 0 Å². The van der Waals surface area contributed by atoms with Gasteiger partial charge in [-0.05, 0) is 47.9 Å². The average Bonchev–Trinajstić information content (AvgIpc) is 3.15. The van der Waals surface area contributed by atoms with Gasteiger partial charge in [-0.2, -0.15) is 0 Å². The molecule has 1 saturated carbocycles. The monoisotopic (exact) mass is 290 g/mol. The van der Waals surface area contributed by atoms with E-state index in [0.717, 1.165) is 18.4 Å². The van der Waals surface area contributed by atoms with E-state index in [2.05, 4.69) is 25.8 Å². The third-order valence-corrected chi connectivity index (χ3v) is 3.80. The number of thioether (sulfide) groups is 1. The summed E-state index contributed by atoms with van der Waals surface area (Å²) in [6.07, 6.45) is 3.89. The predicted octanol–water partition coefficient (Wildman–Crippen LogP) is 1.44. The van der Waals surface area contributed by atoms with Crippen LogP contribution in [0.5, 0.6) is 0 Å². The Morgan fingerprint density at radius 3 is 3.15 bits per heavy atom.